The summed E-state index contributed by atoms with van der Waals surface area (Å²) in [7, 11) is 1.35. The second-order valence-corrected chi connectivity index (χ2v) is 7.17. The van der Waals surface area contributed by atoms with E-state index in [2.05, 4.69) is 26.3 Å². The minimum absolute atomic E-state index is 0.0663. The maximum Gasteiger partial charge on any atom is 0.337 e. The lowest BCUT2D eigenvalue weighted by atomic mass is 9.87. The van der Waals surface area contributed by atoms with Crippen molar-refractivity contribution >= 4 is 33.6 Å². The topological polar surface area (TPSA) is 73.2 Å². The number of fused-ring (bicyclic) bond motifs is 1. The third-order valence-corrected chi connectivity index (χ3v) is 5.15. The van der Waals surface area contributed by atoms with Gasteiger partial charge in [0.15, 0.2) is 0 Å². The highest BCUT2D eigenvalue weighted by Gasteiger charge is 2.30. The molecule has 2 heterocycles. The molecule has 0 radical (unpaired) electrons. The number of methoxy groups -OCH3 is 1. The molecule has 0 unspecified atom stereocenters. The second-order valence-electron chi connectivity index (χ2n) is 6.26. The highest BCUT2D eigenvalue weighted by atomic mass is 79.9. The molecule has 3 aromatic rings. The molecule has 27 heavy (non-hydrogen) atoms. The van der Waals surface area contributed by atoms with Gasteiger partial charge in [0.1, 0.15) is 5.82 Å². The van der Waals surface area contributed by atoms with Gasteiger partial charge < -0.3 is 10.1 Å². The van der Waals surface area contributed by atoms with Crippen molar-refractivity contribution in [2.24, 2.45) is 0 Å². The average molecular weight is 426 g/mol. The van der Waals surface area contributed by atoms with Crippen molar-refractivity contribution < 1.29 is 14.3 Å². The molecule has 1 N–H and O–H groups in total. The number of anilines is 1. The lowest BCUT2D eigenvalue weighted by Gasteiger charge is -2.24. The summed E-state index contributed by atoms with van der Waals surface area (Å²) in [4.78, 5) is 24.0. The summed E-state index contributed by atoms with van der Waals surface area (Å²) >= 11 is 3.42. The number of hydrogen-bond acceptors (Lipinski definition) is 4. The molecule has 0 saturated heterocycles. The van der Waals surface area contributed by atoms with Crippen LogP contribution >= 0.6 is 15.9 Å². The number of amides is 1. The number of esters is 1. The van der Waals surface area contributed by atoms with Gasteiger partial charge in [0, 0.05) is 22.4 Å². The van der Waals surface area contributed by atoms with Crippen LogP contribution in [0.4, 0.5) is 5.82 Å². The van der Waals surface area contributed by atoms with E-state index in [0.29, 0.717) is 17.8 Å². The van der Waals surface area contributed by atoms with Crippen LogP contribution in [0.3, 0.4) is 0 Å². The first-order valence-electron chi connectivity index (χ1n) is 8.39. The molecule has 1 atom stereocenters. The number of aromatic nitrogens is 2. The standard InChI is InChI=1S/C20H16BrN3O3/c1-27-20(26)13-4-2-12(3-5-13)16-10-18(25)23-19-17(16)11-22-24(19)15-8-6-14(21)7-9-15/h2-9,11,16H,10H2,1H3,(H,23,25)/t16-/m0/s1. The molecule has 136 valence electrons. The fourth-order valence-electron chi connectivity index (χ4n) is 3.26. The fourth-order valence-corrected chi connectivity index (χ4v) is 3.53. The first-order valence-corrected chi connectivity index (χ1v) is 9.18. The number of benzene rings is 2. The number of nitrogens with one attached hydrogen (secondary N) is 1. The van der Waals surface area contributed by atoms with Crippen molar-refractivity contribution in [1.29, 1.82) is 0 Å². The van der Waals surface area contributed by atoms with E-state index in [1.54, 1.807) is 23.0 Å². The Hall–Kier alpha value is -2.93. The van der Waals surface area contributed by atoms with Crippen LogP contribution in [0.1, 0.15) is 33.8 Å². The molecule has 1 amide bonds. The molecule has 0 saturated carbocycles. The van der Waals surface area contributed by atoms with Gasteiger partial charge in [-0.1, -0.05) is 28.1 Å². The van der Waals surface area contributed by atoms with Crippen LogP contribution in [-0.4, -0.2) is 28.8 Å². The Balaban J connectivity index is 1.72. The molecule has 0 aliphatic carbocycles. The molecule has 6 nitrogen and oxygen atoms in total. The smallest absolute Gasteiger partial charge is 0.337 e. The van der Waals surface area contributed by atoms with E-state index in [-0.39, 0.29) is 17.8 Å². The van der Waals surface area contributed by atoms with E-state index in [1.807, 2.05) is 36.4 Å². The normalized spacial score (nSPS) is 15.8. The zero-order valence-electron chi connectivity index (χ0n) is 14.5. The Bertz CT molecular complexity index is 1010. The minimum atomic E-state index is -0.383. The summed E-state index contributed by atoms with van der Waals surface area (Å²) in [6.07, 6.45) is 2.12. The molecule has 0 fully saturated rings. The molecular formula is C20H16BrN3O3. The zero-order chi connectivity index (χ0) is 19.0. The number of hydrogen-bond donors (Lipinski definition) is 1. The number of carbonyl (C=O) groups is 2. The number of halogens is 1. The van der Waals surface area contributed by atoms with Gasteiger partial charge in [-0.15, -0.1) is 0 Å². The SMILES string of the molecule is COC(=O)c1ccc([C@@H]2CC(=O)Nc3c2cnn3-c2ccc(Br)cc2)cc1. The van der Waals surface area contributed by atoms with Gasteiger partial charge in [0.2, 0.25) is 5.91 Å². The van der Waals surface area contributed by atoms with E-state index in [9.17, 15) is 9.59 Å². The monoisotopic (exact) mass is 425 g/mol. The van der Waals surface area contributed by atoms with E-state index in [4.69, 9.17) is 4.74 Å². The van der Waals surface area contributed by atoms with Gasteiger partial charge >= 0.3 is 5.97 Å². The Morgan fingerprint density at radius 2 is 1.89 bits per heavy atom. The first-order chi connectivity index (χ1) is 13.1. The Labute approximate surface area is 164 Å². The molecule has 1 aromatic heterocycles. The van der Waals surface area contributed by atoms with Crippen molar-refractivity contribution in [1.82, 2.24) is 9.78 Å². The van der Waals surface area contributed by atoms with Crippen molar-refractivity contribution in [3.63, 3.8) is 0 Å². The molecule has 0 spiro atoms. The van der Waals surface area contributed by atoms with Crippen LogP contribution in [-0.2, 0) is 9.53 Å². The van der Waals surface area contributed by atoms with Crippen molar-refractivity contribution in [2.75, 3.05) is 12.4 Å². The van der Waals surface area contributed by atoms with E-state index >= 15 is 0 Å². The first kappa shape index (κ1) is 17.5. The average Bonchev–Trinajstić information content (AvgIpc) is 3.11. The summed E-state index contributed by atoms with van der Waals surface area (Å²) in [5.74, 6) is 0.107. The summed E-state index contributed by atoms with van der Waals surface area (Å²) < 4.78 is 7.44. The third-order valence-electron chi connectivity index (χ3n) is 4.63. The summed E-state index contributed by atoms with van der Waals surface area (Å²) in [6, 6.07) is 14.9. The zero-order valence-corrected chi connectivity index (χ0v) is 16.1. The number of ether oxygens (including phenoxy) is 1. The highest BCUT2D eigenvalue weighted by molar-refractivity contribution is 9.10. The number of nitrogens with zero attached hydrogens (tertiary/aromatic N) is 2. The molecule has 4 rings (SSSR count). The lowest BCUT2D eigenvalue weighted by Crippen LogP contribution is -2.24. The van der Waals surface area contributed by atoms with Gasteiger partial charge in [0.05, 0.1) is 24.6 Å². The largest absolute Gasteiger partial charge is 0.465 e. The molecular weight excluding hydrogens is 410 g/mol. The third kappa shape index (κ3) is 3.26. The summed E-state index contributed by atoms with van der Waals surface area (Å²) in [5, 5.41) is 7.42. The Morgan fingerprint density at radius 1 is 1.19 bits per heavy atom. The maximum atomic E-state index is 12.3. The van der Waals surface area contributed by atoms with Gasteiger partial charge in [-0.2, -0.15) is 5.10 Å². The Kier molecular flexibility index (Phi) is 4.53. The van der Waals surface area contributed by atoms with Gasteiger partial charge in [-0.25, -0.2) is 9.48 Å². The van der Waals surface area contributed by atoms with E-state index in [0.717, 1.165) is 21.3 Å². The van der Waals surface area contributed by atoms with Crippen molar-refractivity contribution in [3.05, 3.63) is 75.9 Å². The predicted molar refractivity (Wildman–Crippen MR) is 104 cm³/mol. The second kappa shape index (κ2) is 7.00. The highest BCUT2D eigenvalue weighted by Crippen LogP contribution is 2.38. The van der Waals surface area contributed by atoms with Crippen LogP contribution in [0.2, 0.25) is 0 Å². The maximum absolute atomic E-state index is 12.3. The van der Waals surface area contributed by atoms with Gasteiger partial charge in [-0.05, 0) is 42.0 Å². The van der Waals surface area contributed by atoms with E-state index in [1.165, 1.54) is 7.11 Å². The van der Waals surface area contributed by atoms with Gasteiger partial charge in [0.25, 0.3) is 0 Å². The van der Waals surface area contributed by atoms with Crippen LogP contribution < -0.4 is 5.32 Å². The lowest BCUT2D eigenvalue weighted by molar-refractivity contribution is -0.116. The predicted octanol–water partition coefficient (Wildman–Crippen LogP) is 3.90. The van der Waals surface area contributed by atoms with Crippen LogP contribution in [0.15, 0.2) is 59.2 Å². The Morgan fingerprint density at radius 3 is 2.56 bits per heavy atom. The number of carbonyl (C=O) groups excluding carboxylic acids is 2. The van der Waals surface area contributed by atoms with Gasteiger partial charge in [-0.3, -0.25) is 4.79 Å². The molecule has 7 heteroatoms. The van der Waals surface area contributed by atoms with E-state index < -0.39 is 0 Å². The quantitative estimate of drug-likeness (QED) is 0.645. The van der Waals surface area contributed by atoms with Crippen molar-refractivity contribution in [3.8, 4) is 5.69 Å². The molecule has 1 aliphatic rings. The molecule has 2 aromatic carbocycles. The minimum Gasteiger partial charge on any atom is -0.465 e. The number of rotatable bonds is 3. The summed E-state index contributed by atoms with van der Waals surface area (Å²) in [5.41, 5.74) is 3.24. The van der Waals surface area contributed by atoms with Crippen LogP contribution in [0.5, 0.6) is 0 Å². The molecule has 0 bridgehead atoms. The van der Waals surface area contributed by atoms with Crippen LogP contribution in [0.25, 0.3) is 5.69 Å². The molecule has 1 aliphatic heterocycles. The van der Waals surface area contributed by atoms with Crippen LogP contribution in [0, 0.1) is 0 Å². The van der Waals surface area contributed by atoms with Crippen molar-refractivity contribution in [2.45, 2.75) is 12.3 Å². The summed E-state index contributed by atoms with van der Waals surface area (Å²) in [6.45, 7) is 0. The fraction of sp³-hybridized carbons (Fsp3) is 0.150.